The van der Waals surface area contributed by atoms with Gasteiger partial charge in [-0.3, -0.25) is 13.9 Å². The molecule has 0 atom stereocenters. The summed E-state index contributed by atoms with van der Waals surface area (Å²) >= 11 is 0. The predicted octanol–water partition coefficient (Wildman–Crippen LogP) is 10.9. The number of allylic oxidation sites excluding steroid dienone is 8. The third kappa shape index (κ3) is 8.76. The number of Topliss-reactive ketones (excluding diaryl/α,β-unsaturated/α-hetero) is 1. The molecule has 0 radical (unpaired) electrons. The van der Waals surface area contributed by atoms with E-state index < -0.39 is 31.1 Å². The molecule has 5 aromatic carbocycles. The smallest absolute Gasteiger partial charge is 0.265 e. The van der Waals surface area contributed by atoms with Crippen molar-refractivity contribution < 1.29 is 35.3 Å². The van der Waals surface area contributed by atoms with Gasteiger partial charge in [-0.25, -0.2) is 0 Å². The molecule has 0 fully saturated rings. The SMILES string of the molecule is CC(=O)c1ccc(C2=C(/C=C/C3=[N+](CCCS(=O)(=O)O)c4ccc5ccccc5c4C3(C)C)CCC/C2=C\C=C2\N(CCCS(=O)(=O)O)c3ccc4ccccc4c3C2(C)C)cc1. The number of hydrogen-bond donors (Lipinski definition) is 2. The quantitative estimate of drug-likeness (QED) is 0.0679. The fourth-order valence-electron chi connectivity index (χ4n) is 10.2. The summed E-state index contributed by atoms with van der Waals surface area (Å²) in [6.07, 6.45) is 11.8. The Morgan fingerprint density at radius 2 is 1.33 bits per heavy atom. The molecule has 9 nitrogen and oxygen atoms in total. The van der Waals surface area contributed by atoms with Crippen LogP contribution in [0.5, 0.6) is 0 Å². The van der Waals surface area contributed by atoms with Gasteiger partial charge in [0, 0.05) is 53.0 Å². The number of rotatable bonds is 13. The van der Waals surface area contributed by atoms with Crippen LogP contribution in [0.15, 0.2) is 138 Å². The molecule has 0 unspecified atom stereocenters. The van der Waals surface area contributed by atoms with Crippen molar-refractivity contribution >= 4 is 70.2 Å². The number of hydrogen-bond acceptors (Lipinski definition) is 6. The molecule has 0 aromatic heterocycles. The van der Waals surface area contributed by atoms with Crippen LogP contribution in [0.4, 0.5) is 11.4 Å². The molecule has 326 valence electrons. The van der Waals surface area contributed by atoms with E-state index in [1.165, 1.54) is 11.1 Å². The Balaban J connectivity index is 1.27. The Morgan fingerprint density at radius 3 is 1.98 bits per heavy atom. The lowest BCUT2D eigenvalue weighted by atomic mass is 9.78. The van der Waals surface area contributed by atoms with E-state index in [4.69, 9.17) is 0 Å². The van der Waals surface area contributed by atoms with Gasteiger partial charge in [0.25, 0.3) is 20.2 Å². The molecule has 0 saturated heterocycles. The molecule has 2 aliphatic heterocycles. The lowest BCUT2D eigenvalue weighted by molar-refractivity contribution is -0.437. The van der Waals surface area contributed by atoms with Crippen molar-refractivity contribution in [2.75, 3.05) is 29.5 Å². The van der Waals surface area contributed by atoms with Crippen molar-refractivity contribution in [2.45, 2.75) is 77.6 Å². The number of anilines is 1. The molecule has 11 heteroatoms. The summed E-state index contributed by atoms with van der Waals surface area (Å²) < 4.78 is 68.9. The minimum Gasteiger partial charge on any atom is -0.344 e. The molecule has 5 aromatic rings. The highest BCUT2D eigenvalue weighted by Crippen LogP contribution is 2.51. The van der Waals surface area contributed by atoms with Gasteiger partial charge in [-0.1, -0.05) is 105 Å². The second kappa shape index (κ2) is 16.9. The van der Waals surface area contributed by atoms with Crippen LogP contribution in [0, 0.1) is 0 Å². The van der Waals surface area contributed by atoms with E-state index >= 15 is 0 Å². The summed E-state index contributed by atoms with van der Waals surface area (Å²) in [6.45, 7) is 11.2. The van der Waals surface area contributed by atoms with Gasteiger partial charge in [0.05, 0.1) is 16.9 Å². The fraction of sp³-hybridized carbons (Fsp3) is 0.308. The van der Waals surface area contributed by atoms with Gasteiger partial charge in [-0.15, -0.1) is 0 Å². The Kier molecular flexibility index (Phi) is 11.9. The number of nitrogens with zero attached hydrogens (tertiary/aromatic N) is 2. The van der Waals surface area contributed by atoms with Crippen LogP contribution in [-0.4, -0.2) is 66.6 Å². The molecule has 2 N–H and O–H groups in total. The second-order valence-electron chi connectivity index (χ2n) is 18.0. The molecule has 0 saturated carbocycles. The topological polar surface area (TPSA) is 132 Å². The fourth-order valence-corrected chi connectivity index (χ4v) is 11.2. The minimum atomic E-state index is -4.15. The summed E-state index contributed by atoms with van der Waals surface area (Å²) in [4.78, 5) is 14.6. The number of carbonyl (C=O) groups excluding carboxylic acids is 1. The maximum Gasteiger partial charge on any atom is 0.265 e. The van der Waals surface area contributed by atoms with Gasteiger partial charge < -0.3 is 4.90 Å². The van der Waals surface area contributed by atoms with Gasteiger partial charge in [0.15, 0.2) is 11.5 Å². The minimum absolute atomic E-state index is 0.00881. The molecule has 0 bridgehead atoms. The molecule has 0 amide bonds. The van der Waals surface area contributed by atoms with Crippen LogP contribution in [0.1, 0.15) is 93.8 Å². The Hall–Kier alpha value is -5.46. The van der Waals surface area contributed by atoms with E-state index in [0.717, 1.165) is 85.9 Å². The molecule has 1 aliphatic carbocycles. The number of benzene rings is 5. The van der Waals surface area contributed by atoms with E-state index in [0.29, 0.717) is 18.7 Å². The van der Waals surface area contributed by atoms with Crippen LogP contribution in [0.2, 0.25) is 0 Å². The number of fused-ring (bicyclic) bond motifs is 6. The monoisotopic (exact) mass is 883 g/mol. The van der Waals surface area contributed by atoms with E-state index in [1.807, 2.05) is 48.5 Å². The van der Waals surface area contributed by atoms with Gasteiger partial charge in [0.1, 0.15) is 6.54 Å². The van der Waals surface area contributed by atoms with Crippen LogP contribution in [0.3, 0.4) is 0 Å². The largest absolute Gasteiger partial charge is 0.344 e. The maximum absolute atomic E-state index is 12.4. The lowest BCUT2D eigenvalue weighted by Crippen LogP contribution is -2.28. The van der Waals surface area contributed by atoms with Gasteiger partial charge in [0.2, 0.25) is 5.69 Å². The Labute approximate surface area is 371 Å². The first-order valence-electron chi connectivity index (χ1n) is 21.7. The van der Waals surface area contributed by atoms with Crippen molar-refractivity contribution in [1.29, 1.82) is 0 Å². The summed E-state index contributed by atoms with van der Waals surface area (Å²) in [5.41, 5.74) is 10.5. The molecular weight excluding hydrogens is 829 g/mol. The highest BCUT2D eigenvalue weighted by molar-refractivity contribution is 7.86. The number of ketones is 1. The Morgan fingerprint density at radius 1 is 0.714 bits per heavy atom. The summed E-state index contributed by atoms with van der Waals surface area (Å²) in [6, 6.07) is 32.9. The van der Waals surface area contributed by atoms with E-state index in [9.17, 15) is 30.7 Å². The van der Waals surface area contributed by atoms with Crippen molar-refractivity contribution in [1.82, 2.24) is 0 Å². The molecular formula is C52H55N2O7S2+. The summed E-state index contributed by atoms with van der Waals surface area (Å²) in [7, 11) is -8.29. The second-order valence-corrected chi connectivity index (χ2v) is 21.2. The molecule has 2 heterocycles. The third-order valence-corrected chi connectivity index (χ3v) is 14.7. The van der Waals surface area contributed by atoms with Crippen molar-refractivity contribution in [3.05, 3.63) is 160 Å². The van der Waals surface area contributed by atoms with Gasteiger partial charge >= 0.3 is 0 Å². The normalized spacial score (nSPS) is 18.7. The third-order valence-electron chi connectivity index (χ3n) is 13.1. The molecule has 3 aliphatic rings. The van der Waals surface area contributed by atoms with Crippen LogP contribution >= 0.6 is 0 Å². The molecule has 63 heavy (non-hydrogen) atoms. The summed E-state index contributed by atoms with van der Waals surface area (Å²) in [5, 5.41) is 4.53. The zero-order valence-corrected chi connectivity index (χ0v) is 38.2. The van der Waals surface area contributed by atoms with Crippen molar-refractivity contribution in [2.24, 2.45) is 0 Å². The number of carbonyl (C=O) groups is 1. The van der Waals surface area contributed by atoms with Crippen LogP contribution < -0.4 is 4.90 Å². The molecule has 0 spiro atoms. The first-order valence-corrected chi connectivity index (χ1v) is 24.9. The zero-order chi connectivity index (χ0) is 44.9. The zero-order valence-electron chi connectivity index (χ0n) is 36.6. The lowest BCUT2D eigenvalue weighted by Gasteiger charge is -2.28. The van der Waals surface area contributed by atoms with Crippen LogP contribution in [0.25, 0.3) is 27.1 Å². The summed E-state index contributed by atoms with van der Waals surface area (Å²) in [5.74, 6) is -0.685. The van der Waals surface area contributed by atoms with E-state index in [2.05, 4.69) is 110 Å². The maximum atomic E-state index is 12.4. The highest BCUT2D eigenvalue weighted by atomic mass is 32.2. The average Bonchev–Trinajstić information content (AvgIpc) is 3.59. The van der Waals surface area contributed by atoms with E-state index in [-0.39, 0.29) is 30.1 Å². The standard InChI is InChI=1S/C52H54N2O7S2/c1-35(55)36-19-21-41(22-20-36)48-39(25-29-46-51(2,3)49-42-17-8-6-13-37(42)23-27-44(49)53(46)31-11-33-62(56,57)58)15-10-16-40(48)26-30-47-52(4,5)50-43-18-9-7-14-38(43)24-28-45(50)54(47)32-12-34-63(59,60)61/h6-9,13-14,17-30H,10-12,15-16,31-34H2,1-5H3,(H-,56,57,58,59,60,61)/p+1. The molecule has 8 rings (SSSR count). The first kappa shape index (κ1) is 44.2. The van der Waals surface area contributed by atoms with Crippen LogP contribution in [-0.2, 0) is 31.1 Å². The van der Waals surface area contributed by atoms with Crippen molar-refractivity contribution in [3.63, 3.8) is 0 Å². The first-order chi connectivity index (χ1) is 29.8. The van der Waals surface area contributed by atoms with E-state index in [1.54, 1.807) is 6.92 Å². The predicted molar refractivity (Wildman–Crippen MR) is 256 cm³/mol. The highest BCUT2D eigenvalue weighted by Gasteiger charge is 2.46. The van der Waals surface area contributed by atoms with Crippen molar-refractivity contribution in [3.8, 4) is 0 Å². The Bertz CT molecular complexity index is 3060. The average molecular weight is 884 g/mol. The van der Waals surface area contributed by atoms with Gasteiger partial charge in [-0.05, 0) is 114 Å². The van der Waals surface area contributed by atoms with Gasteiger partial charge in [-0.2, -0.15) is 21.4 Å².